The SMILES string of the molecule is COC(=O)c1c(NC(C)=O)c2cc(NCCc3ccccc3)cnc2n1CCc1c[nH]c2ccccc12. The fraction of sp³-hybridized carbons (Fsp3) is 0.207. The number of nitrogens with one attached hydrogen (secondary N) is 3. The highest BCUT2D eigenvalue weighted by atomic mass is 16.5. The highest BCUT2D eigenvalue weighted by molar-refractivity contribution is 6.11. The maximum absolute atomic E-state index is 12.9. The Balaban J connectivity index is 1.49. The van der Waals surface area contributed by atoms with Crippen molar-refractivity contribution in [2.75, 3.05) is 24.3 Å². The minimum absolute atomic E-state index is 0.275. The molecule has 0 unspecified atom stereocenters. The van der Waals surface area contributed by atoms with Crippen molar-refractivity contribution in [3.05, 3.63) is 89.9 Å². The van der Waals surface area contributed by atoms with Crippen LogP contribution < -0.4 is 10.6 Å². The van der Waals surface area contributed by atoms with E-state index < -0.39 is 5.97 Å². The second kappa shape index (κ2) is 10.6. The molecule has 0 bridgehead atoms. The molecule has 0 aliphatic heterocycles. The van der Waals surface area contributed by atoms with E-state index in [2.05, 4.69) is 33.8 Å². The number of rotatable bonds is 9. The van der Waals surface area contributed by atoms with Crippen LogP contribution in [-0.2, 0) is 28.9 Å². The fourth-order valence-corrected chi connectivity index (χ4v) is 4.72. The molecule has 0 aliphatic rings. The van der Waals surface area contributed by atoms with Crippen molar-refractivity contribution >= 4 is 45.2 Å². The van der Waals surface area contributed by atoms with E-state index in [0.29, 0.717) is 29.7 Å². The number of carbonyl (C=O) groups is 2. The topological polar surface area (TPSA) is 101 Å². The minimum Gasteiger partial charge on any atom is -0.464 e. The molecule has 5 aromatic rings. The molecule has 1 amide bonds. The predicted molar refractivity (Wildman–Crippen MR) is 146 cm³/mol. The van der Waals surface area contributed by atoms with Crippen LogP contribution in [0.15, 0.2) is 73.1 Å². The lowest BCUT2D eigenvalue weighted by Crippen LogP contribution is -2.16. The molecular weight excluding hydrogens is 466 g/mol. The van der Waals surface area contributed by atoms with Crippen molar-refractivity contribution in [2.24, 2.45) is 0 Å². The van der Waals surface area contributed by atoms with E-state index in [1.165, 1.54) is 19.6 Å². The van der Waals surface area contributed by atoms with Gasteiger partial charge in [0.2, 0.25) is 5.91 Å². The Bertz CT molecular complexity index is 1570. The largest absolute Gasteiger partial charge is 0.464 e. The number of anilines is 2. The van der Waals surface area contributed by atoms with Gasteiger partial charge in [-0.3, -0.25) is 4.79 Å². The van der Waals surface area contributed by atoms with E-state index in [1.807, 2.05) is 53.2 Å². The standard InChI is InChI=1S/C29H29N5O3/c1-19(35)33-26-24-16-22(30-14-12-20-8-4-3-5-9-20)18-32-28(24)34(27(26)29(36)37-2)15-13-21-17-31-25-11-7-6-10-23(21)25/h3-11,16-18,30-31H,12-15H2,1-2H3,(H,33,35). The zero-order valence-electron chi connectivity index (χ0n) is 20.9. The second-order valence-electron chi connectivity index (χ2n) is 8.92. The minimum atomic E-state index is -0.528. The average Bonchev–Trinajstić information content (AvgIpc) is 3.46. The molecule has 0 aliphatic carbocycles. The van der Waals surface area contributed by atoms with Crippen molar-refractivity contribution in [1.82, 2.24) is 14.5 Å². The summed E-state index contributed by atoms with van der Waals surface area (Å²) in [6.07, 6.45) is 5.27. The van der Waals surface area contributed by atoms with Crippen LogP contribution in [0, 0.1) is 0 Å². The van der Waals surface area contributed by atoms with Crippen molar-refractivity contribution < 1.29 is 14.3 Å². The summed E-state index contributed by atoms with van der Waals surface area (Å²) in [7, 11) is 1.34. The summed E-state index contributed by atoms with van der Waals surface area (Å²) in [5, 5.41) is 8.07. The molecule has 0 atom stereocenters. The van der Waals surface area contributed by atoms with Gasteiger partial charge in [0.05, 0.1) is 24.7 Å². The lowest BCUT2D eigenvalue weighted by atomic mass is 10.1. The number of fused-ring (bicyclic) bond motifs is 2. The average molecular weight is 496 g/mol. The number of para-hydroxylation sites is 1. The summed E-state index contributed by atoms with van der Waals surface area (Å²) < 4.78 is 6.95. The predicted octanol–water partition coefficient (Wildman–Crippen LogP) is 5.16. The van der Waals surface area contributed by atoms with E-state index in [9.17, 15) is 9.59 Å². The van der Waals surface area contributed by atoms with E-state index >= 15 is 0 Å². The number of amides is 1. The molecule has 3 N–H and O–H groups in total. The maximum atomic E-state index is 12.9. The first-order valence-electron chi connectivity index (χ1n) is 12.3. The number of ether oxygens (including phenoxy) is 1. The highest BCUT2D eigenvalue weighted by Gasteiger charge is 2.25. The zero-order valence-corrected chi connectivity index (χ0v) is 20.9. The molecule has 8 nitrogen and oxygen atoms in total. The number of pyridine rings is 1. The number of aryl methyl sites for hydroxylation is 2. The number of esters is 1. The number of carbonyl (C=O) groups excluding carboxylic acids is 2. The number of aromatic nitrogens is 3. The van der Waals surface area contributed by atoms with Crippen molar-refractivity contribution in [2.45, 2.75) is 26.3 Å². The smallest absolute Gasteiger partial charge is 0.356 e. The fourth-order valence-electron chi connectivity index (χ4n) is 4.72. The summed E-state index contributed by atoms with van der Waals surface area (Å²) in [4.78, 5) is 33.1. The van der Waals surface area contributed by atoms with Crippen LogP contribution in [0.25, 0.3) is 21.9 Å². The Morgan fingerprint density at radius 1 is 1.03 bits per heavy atom. The van der Waals surface area contributed by atoms with E-state index in [-0.39, 0.29) is 11.6 Å². The number of benzene rings is 2. The molecule has 2 aromatic carbocycles. The lowest BCUT2D eigenvalue weighted by Gasteiger charge is -2.10. The molecule has 37 heavy (non-hydrogen) atoms. The Morgan fingerprint density at radius 2 is 1.81 bits per heavy atom. The normalized spacial score (nSPS) is 11.1. The Kier molecular flexibility index (Phi) is 6.89. The molecule has 3 aromatic heterocycles. The van der Waals surface area contributed by atoms with Gasteiger partial charge in [-0.1, -0.05) is 48.5 Å². The van der Waals surface area contributed by atoms with Gasteiger partial charge < -0.3 is 24.9 Å². The van der Waals surface area contributed by atoms with Crippen LogP contribution in [0.4, 0.5) is 11.4 Å². The highest BCUT2D eigenvalue weighted by Crippen LogP contribution is 2.33. The van der Waals surface area contributed by atoms with Crippen LogP contribution in [0.5, 0.6) is 0 Å². The Morgan fingerprint density at radius 3 is 2.59 bits per heavy atom. The van der Waals surface area contributed by atoms with Crippen LogP contribution in [0.2, 0.25) is 0 Å². The van der Waals surface area contributed by atoms with Gasteiger partial charge in [-0.25, -0.2) is 9.78 Å². The van der Waals surface area contributed by atoms with Gasteiger partial charge in [0.25, 0.3) is 0 Å². The second-order valence-corrected chi connectivity index (χ2v) is 8.92. The third-order valence-corrected chi connectivity index (χ3v) is 6.44. The molecule has 5 rings (SSSR count). The molecular formula is C29H29N5O3. The van der Waals surface area contributed by atoms with Gasteiger partial charge in [0.1, 0.15) is 5.65 Å². The quantitative estimate of drug-likeness (QED) is 0.245. The van der Waals surface area contributed by atoms with Gasteiger partial charge in [-0.2, -0.15) is 0 Å². The molecule has 8 heteroatoms. The van der Waals surface area contributed by atoms with Crippen LogP contribution in [-0.4, -0.2) is 40.1 Å². The molecule has 0 saturated heterocycles. The summed E-state index contributed by atoms with van der Waals surface area (Å²) in [6, 6.07) is 20.3. The first-order chi connectivity index (χ1) is 18.0. The number of methoxy groups -OCH3 is 1. The number of nitrogens with zero attached hydrogens (tertiary/aromatic N) is 2. The third-order valence-electron chi connectivity index (χ3n) is 6.44. The molecule has 188 valence electrons. The maximum Gasteiger partial charge on any atom is 0.356 e. The van der Waals surface area contributed by atoms with Crippen molar-refractivity contribution in [3.8, 4) is 0 Å². The van der Waals surface area contributed by atoms with Gasteiger partial charge >= 0.3 is 5.97 Å². The Labute approximate surface area is 214 Å². The van der Waals surface area contributed by atoms with E-state index in [1.54, 1.807) is 6.20 Å². The Hall–Kier alpha value is -4.59. The van der Waals surface area contributed by atoms with Crippen LogP contribution in [0.3, 0.4) is 0 Å². The number of aromatic amines is 1. The first kappa shape index (κ1) is 24.1. The van der Waals surface area contributed by atoms with Crippen LogP contribution >= 0.6 is 0 Å². The summed E-state index contributed by atoms with van der Waals surface area (Å²) in [6.45, 7) is 2.62. The van der Waals surface area contributed by atoms with Crippen molar-refractivity contribution in [3.63, 3.8) is 0 Å². The number of hydrogen-bond acceptors (Lipinski definition) is 5. The van der Waals surface area contributed by atoms with Gasteiger partial charge in [-0.05, 0) is 36.1 Å². The number of H-pyrrole nitrogens is 1. The molecule has 0 fully saturated rings. The van der Waals surface area contributed by atoms with Gasteiger partial charge in [0.15, 0.2) is 5.69 Å². The lowest BCUT2D eigenvalue weighted by molar-refractivity contribution is -0.114. The summed E-state index contributed by atoms with van der Waals surface area (Å²) in [5.41, 5.74) is 5.53. The molecule has 0 saturated carbocycles. The van der Waals surface area contributed by atoms with Crippen LogP contribution in [0.1, 0.15) is 28.5 Å². The molecule has 0 radical (unpaired) electrons. The zero-order chi connectivity index (χ0) is 25.8. The van der Waals surface area contributed by atoms with E-state index in [4.69, 9.17) is 9.72 Å². The van der Waals surface area contributed by atoms with Crippen molar-refractivity contribution in [1.29, 1.82) is 0 Å². The monoisotopic (exact) mass is 495 g/mol. The molecule has 0 spiro atoms. The third kappa shape index (κ3) is 5.04. The number of hydrogen-bond donors (Lipinski definition) is 3. The summed E-state index contributed by atoms with van der Waals surface area (Å²) in [5.74, 6) is -0.803. The first-order valence-corrected chi connectivity index (χ1v) is 12.3. The molecule has 3 heterocycles. The van der Waals surface area contributed by atoms with Gasteiger partial charge in [-0.15, -0.1) is 0 Å². The van der Waals surface area contributed by atoms with E-state index in [0.717, 1.165) is 35.1 Å². The van der Waals surface area contributed by atoms with Gasteiger partial charge in [0, 0.05) is 42.5 Å². The summed E-state index contributed by atoms with van der Waals surface area (Å²) >= 11 is 0.